The van der Waals surface area contributed by atoms with Crippen molar-refractivity contribution in [3.63, 3.8) is 0 Å². The van der Waals surface area contributed by atoms with Crippen molar-refractivity contribution < 1.29 is 18.5 Å². The third kappa shape index (κ3) is 7.94. The number of nitrogens with one attached hydrogen (secondary N) is 2. The van der Waals surface area contributed by atoms with E-state index in [0.717, 1.165) is 34.6 Å². The van der Waals surface area contributed by atoms with Crippen molar-refractivity contribution in [1.82, 2.24) is 25.8 Å². The Morgan fingerprint density at radius 2 is 1.85 bits per heavy atom. The molecule has 0 bridgehead atoms. The van der Waals surface area contributed by atoms with Crippen LogP contribution in [0.3, 0.4) is 0 Å². The predicted molar refractivity (Wildman–Crippen MR) is 158 cm³/mol. The summed E-state index contributed by atoms with van der Waals surface area (Å²) in [5, 5.41) is 13.4. The zero-order chi connectivity index (χ0) is 27.2. The number of anilines is 1. The highest BCUT2D eigenvalue weighted by molar-refractivity contribution is 5.87. The standard InChI is InChI=1S/C28H35FN6O3.2ClH/c1-5-30-11-12-31-27(36)17-34(25-14-21(10-9-19(25)2)26-13-20(3)32-38-26)18-28(37)33(4)35-15-22-7-6-8-24(29)23(22)16-35;;/h6-10,13-14,30H,5,11-12,15-18H2,1-4H3,(H,31,36);2*1H. The van der Waals surface area contributed by atoms with Crippen molar-refractivity contribution in [1.29, 1.82) is 0 Å². The fraction of sp³-hybridized carbons (Fsp3) is 0.393. The number of benzene rings is 2. The Hall–Kier alpha value is -3.18. The van der Waals surface area contributed by atoms with Gasteiger partial charge in [-0.3, -0.25) is 14.6 Å². The van der Waals surface area contributed by atoms with Crippen molar-refractivity contribution in [3.8, 4) is 11.3 Å². The molecule has 2 amide bonds. The number of hydrogen-bond donors (Lipinski definition) is 2. The number of likely N-dealkylation sites (N-methyl/N-ethyl adjacent to an activating group) is 2. The monoisotopic (exact) mass is 594 g/mol. The molecule has 0 spiro atoms. The second-order valence-electron chi connectivity index (χ2n) is 9.51. The van der Waals surface area contributed by atoms with Crippen LogP contribution in [0.1, 0.15) is 29.3 Å². The molecule has 40 heavy (non-hydrogen) atoms. The van der Waals surface area contributed by atoms with Gasteiger partial charge in [-0.1, -0.05) is 36.3 Å². The third-order valence-corrected chi connectivity index (χ3v) is 6.69. The first-order valence-corrected chi connectivity index (χ1v) is 12.8. The Kier molecular flexibility index (Phi) is 12.4. The van der Waals surface area contributed by atoms with Crippen LogP contribution in [0.5, 0.6) is 0 Å². The topological polar surface area (TPSA) is 93.9 Å². The lowest BCUT2D eigenvalue weighted by molar-refractivity contribution is -0.145. The van der Waals surface area contributed by atoms with Crippen LogP contribution in [0.15, 0.2) is 47.0 Å². The lowest BCUT2D eigenvalue weighted by Crippen LogP contribution is -2.48. The van der Waals surface area contributed by atoms with Gasteiger partial charge in [0.1, 0.15) is 5.82 Å². The van der Waals surface area contributed by atoms with E-state index in [-0.39, 0.29) is 55.5 Å². The number of carbonyl (C=O) groups is 2. The van der Waals surface area contributed by atoms with Gasteiger partial charge in [0, 0.05) is 56.1 Å². The van der Waals surface area contributed by atoms with E-state index in [9.17, 15) is 14.0 Å². The SMILES string of the molecule is CCNCCNC(=O)CN(CC(=O)N(C)N1Cc2cccc(F)c2C1)c1cc(-c2cc(C)no2)ccc1C.Cl.Cl. The molecule has 1 aromatic heterocycles. The minimum Gasteiger partial charge on any atom is -0.356 e. The maximum Gasteiger partial charge on any atom is 0.256 e. The highest BCUT2D eigenvalue weighted by atomic mass is 35.5. The zero-order valence-electron chi connectivity index (χ0n) is 23.2. The van der Waals surface area contributed by atoms with Gasteiger partial charge in [0.25, 0.3) is 5.91 Å². The smallest absolute Gasteiger partial charge is 0.256 e. The number of hydrazine groups is 1. The largest absolute Gasteiger partial charge is 0.356 e. The number of hydrogen-bond acceptors (Lipinski definition) is 7. The van der Waals surface area contributed by atoms with Crippen molar-refractivity contribution in [3.05, 3.63) is 70.7 Å². The summed E-state index contributed by atoms with van der Waals surface area (Å²) in [4.78, 5) is 28.1. The highest BCUT2D eigenvalue weighted by Crippen LogP contribution is 2.29. The van der Waals surface area contributed by atoms with Crippen LogP contribution in [-0.2, 0) is 22.7 Å². The van der Waals surface area contributed by atoms with E-state index in [1.54, 1.807) is 18.0 Å². The van der Waals surface area contributed by atoms with Gasteiger partial charge in [0.05, 0.1) is 18.8 Å². The molecule has 4 rings (SSSR count). The van der Waals surface area contributed by atoms with Crippen LogP contribution in [0, 0.1) is 19.7 Å². The Morgan fingerprint density at radius 1 is 1.07 bits per heavy atom. The molecule has 0 saturated carbocycles. The van der Waals surface area contributed by atoms with E-state index in [4.69, 9.17) is 4.52 Å². The molecule has 0 unspecified atom stereocenters. The lowest BCUT2D eigenvalue weighted by atomic mass is 10.1. The number of aromatic nitrogens is 1. The van der Waals surface area contributed by atoms with E-state index in [2.05, 4.69) is 15.8 Å². The summed E-state index contributed by atoms with van der Waals surface area (Å²) >= 11 is 0. The molecular weight excluding hydrogens is 558 g/mol. The van der Waals surface area contributed by atoms with Gasteiger partial charge in [0.2, 0.25) is 5.91 Å². The summed E-state index contributed by atoms with van der Waals surface area (Å²) < 4.78 is 19.7. The zero-order valence-corrected chi connectivity index (χ0v) is 24.8. The van der Waals surface area contributed by atoms with Crippen LogP contribution < -0.4 is 15.5 Å². The minimum atomic E-state index is -0.267. The molecule has 12 heteroatoms. The van der Waals surface area contributed by atoms with E-state index in [1.807, 2.05) is 56.1 Å². The molecule has 2 heterocycles. The predicted octanol–water partition coefficient (Wildman–Crippen LogP) is 3.86. The summed E-state index contributed by atoms with van der Waals surface area (Å²) in [6.07, 6.45) is 0. The molecule has 218 valence electrons. The Morgan fingerprint density at radius 3 is 2.52 bits per heavy atom. The molecule has 9 nitrogen and oxygen atoms in total. The van der Waals surface area contributed by atoms with Gasteiger partial charge >= 0.3 is 0 Å². The number of halogens is 3. The highest BCUT2D eigenvalue weighted by Gasteiger charge is 2.28. The van der Waals surface area contributed by atoms with Crippen LogP contribution in [-0.4, -0.2) is 66.8 Å². The van der Waals surface area contributed by atoms with Crippen LogP contribution in [0.25, 0.3) is 11.3 Å². The number of aryl methyl sites for hydroxylation is 2. The second kappa shape index (κ2) is 15.0. The second-order valence-corrected chi connectivity index (χ2v) is 9.51. The van der Waals surface area contributed by atoms with Gasteiger partial charge in [-0.25, -0.2) is 9.40 Å². The molecule has 0 atom stereocenters. The summed E-state index contributed by atoms with van der Waals surface area (Å²) in [6.45, 7) is 8.49. The van der Waals surface area contributed by atoms with Gasteiger partial charge in [-0.2, -0.15) is 0 Å². The average molecular weight is 596 g/mol. The van der Waals surface area contributed by atoms with Crippen molar-refractivity contribution in [2.24, 2.45) is 0 Å². The Bertz CT molecular complexity index is 1300. The maximum atomic E-state index is 14.3. The molecule has 0 aliphatic carbocycles. The molecule has 0 saturated heterocycles. The first-order valence-electron chi connectivity index (χ1n) is 12.8. The Balaban J connectivity index is 0.00000280. The molecule has 0 radical (unpaired) electrons. The maximum absolute atomic E-state index is 14.3. The number of fused-ring (bicyclic) bond motifs is 1. The number of carbonyl (C=O) groups excluding carboxylic acids is 2. The quantitative estimate of drug-likeness (QED) is 0.325. The van der Waals surface area contributed by atoms with E-state index in [1.165, 1.54) is 11.1 Å². The van der Waals surface area contributed by atoms with E-state index >= 15 is 0 Å². The normalized spacial score (nSPS) is 12.2. The van der Waals surface area contributed by atoms with Gasteiger partial charge in [-0.15, -0.1) is 24.8 Å². The summed E-state index contributed by atoms with van der Waals surface area (Å²) in [7, 11) is 1.68. The molecule has 0 fully saturated rings. The first-order chi connectivity index (χ1) is 18.3. The van der Waals surface area contributed by atoms with Crippen molar-refractivity contribution >= 4 is 42.3 Å². The van der Waals surface area contributed by atoms with Gasteiger partial charge in [0.15, 0.2) is 5.76 Å². The summed E-state index contributed by atoms with van der Waals surface area (Å²) in [5.41, 5.74) is 4.70. The summed E-state index contributed by atoms with van der Waals surface area (Å²) in [6, 6.07) is 12.6. The minimum absolute atomic E-state index is 0. The average Bonchev–Trinajstić information content (AvgIpc) is 3.53. The fourth-order valence-corrected chi connectivity index (χ4v) is 4.52. The Labute approximate surface area is 246 Å². The third-order valence-electron chi connectivity index (χ3n) is 6.69. The van der Waals surface area contributed by atoms with Crippen LogP contribution in [0.4, 0.5) is 10.1 Å². The first kappa shape index (κ1) is 33.0. The van der Waals surface area contributed by atoms with Gasteiger partial charge in [-0.05, 0) is 43.7 Å². The van der Waals surface area contributed by atoms with Crippen molar-refractivity contribution in [2.45, 2.75) is 33.9 Å². The van der Waals surface area contributed by atoms with Crippen LogP contribution >= 0.6 is 24.8 Å². The van der Waals surface area contributed by atoms with Gasteiger partial charge < -0.3 is 20.1 Å². The number of rotatable bonds is 11. The van der Waals surface area contributed by atoms with Crippen molar-refractivity contribution in [2.75, 3.05) is 44.7 Å². The molecule has 1 aliphatic heterocycles. The number of nitrogens with zero attached hydrogens (tertiary/aromatic N) is 4. The van der Waals surface area contributed by atoms with E-state index in [0.29, 0.717) is 37.5 Å². The molecule has 1 aliphatic rings. The molecule has 3 aromatic rings. The molecular formula is C28H37Cl2FN6O3. The van der Waals surface area contributed by atoms with Crippen LogP contribution in [0.2, 0.25) is 0 Å². The fourth-order valence-electron chi connectivity index (χ4n) is 4.52. The number of amides is 2. The summed E-state index contributed by atoms with van der Waals surface area (Å²) in [5.74, 6) is -0.0517. The molecule has 2 aromatic carbocycles. The molecule has 2 N–H and O–H groups in total. The lowest BCUT2D eigenvalue weighted by Gasteiger charge is -2.32. The van der Waals surface area contributed by atoms with E-state index < -0.39 is 0 Å².